The number of nitrogens with two attached hydrogens (primary N) is 1. The molecule has 1 unspecified atom stereocenters. The van der Waals surface area contributed by atoms with Crippen LogP contribution in [0.1, 0.15) is 17.4 Å². The van der Waals surface area contributed by atoms with Crippen molar-refractivity contribution < 1.29 is 4.42 Å². The summed E-state index contributed by atoms with van der Waals surface area (Å²) in [5.74, 6) is 0.429. The number of hydrogen-bond acceptors (Lipinski definition) is 4. The van der Waals surface area contributed by atoms with Gasteiger partial charge in [0.1, 0.15) is 24.8 Å². The van der Waals surface area contributed by atoms with E-state index in [-0.39, 0.29) is 11.1 Å². The van der Waals surface area contributed by atoms with Gasteiger partial charge in [-0.2, -0.15) is 0 Å². The fourth-order valence-electron chi connectivity index (χ4n) is 2.75. The number of nitrogens with one attached hydrogen (secondary N) is 1. The van der Waals surface area contributed by atoms with Crippen LogP contribution in [0, 0.1) is 0 Å². The molecule has 112 valence electrons. The predicted molar refractivity (Wildman–Crippen MR) is 92.8 cm³/mol. The number of aromatic nitrogens is 2. The second kappa shape index (κ2) is 5.10. The summed E-state index contributed by atoms with van der Waals surface area (Å²) >= 11 is 0. The fourth-order valence-corrected chi connectivity index (χ4v) is 2.75. The zero-order valence-corrected chi connectivity index (χ0v) is 12.5. The molecule has 2 heterocycles. The van der Waals surface area contributed by atoms with E-state index in [2.05, 4.69) is 9.97 Å². The molecule has 3 N–H and O–H groups in total. The lowest BCUT2D eigenvalue weighted by Gasteiger charge is -2.10. The van der Waals surface area contributed by atoms with E-state index < -0.39 is 6.04 Å². The first-order valence-electron chi connectivity index (χ1n) is 7.37. The highest BCUT2D eigenvalue weighted by atomic mass is 16.3. The zero-order chi connectivity index (χ0) is 16.0. The van der Waals surface area contributed by atoms with Crippen molar-refractivity contribution in [1.82, 2.24) is 9.97 Å². The van der Waals surface area contributed by atoms with Gasteiger partial charge in [0.05, 0.1) is 6.04 Å². The van der Waals surface area contributed by atoms with Crippen molar-refractivity contribution in [1.29, 1.82) is 0 Å². The predicted octanol–water partition coefficient (Wildman–Crippen LogP) is 0.976. The van der Waals surface area contributed by atoms with Gasteiger partial charge < -0.3 is 15.1 Å². The van der Waals surface area contributed by atoms with Gasteiger partial charge in [-0.15, -0.1) is 0 Å². The van der Waals surface area contributed by atoms with Crippen LogP contribution < -0.4 is 16.8 Å². The molecule has 0 spiro atoms. The van der Waals surface area contributed by atoms with E-state index in [1.165, 1.54) is 0 Å². The molecule has 4 aromatic rings. The molecule has 0 amide bonds. The van der Waals surface area contributed by atoms with Crippen LogP contribution in [0.3, 0.4) is 0 Å². The van der Waals surface area contributed by atoms with Crippen LogP contribution in [0.15, 0.2) is 57.7 Å². The van der Waals surface area contributed by atoms with E-state index in [4.69, 9.17) is 10.2 Å². The van der Waals surface area contributed by atoms with Crippen LogP contribution in [-0.2, 0) is 0 Å². The second-order valence-corrected chi connectivity index (χ2v) is 5.62. The molecular weight excluding hydrogens is 289 g/mol. The molecule has 4 rings (SSSR count). The van der Waals surface area contributed by atoms with Crippen molar-refractivity contribution in [3.8, 4) is 0 Å². The minimum atomic E-state index is -0.497. The number of furan rings is 1. The van der Waals surface area contributed by atoms with Gasteiger partial charge in [0.15, 0.2) is 0 Å². The molecule has 6 heteroatoms. The van der Waals surface area contributed by atoms with E-state index in [0.717, 1.165) is 16.4 Å². The van der Waals surface area contributed by atoms with Crippen LogP contribution in [0.5, 0.6) is 0 Å². The number of hydrogen-bond donors (Lipinski definition) is 2. The maximum absolute atomic E-state index is 12.3. The lowest BCUT2D eigenvalue weighted by atomic mass is 9.95. The molecule has 2 aromatic heterocycles. The first kappa shape index (κ1) is 13.8. The van der Waals surface area contributed by atoms with E-state index in [0.29, 0.717) is 16.9 Å². The average Bonchev–Trinajstić information content (AvgIpc) is 2.93. The van der Waals surface area contributed by atoms with Gasteiger partial charge in [-0.1, -0.05) is 47.9 Å². The van der Waals surface area contributed by atoms with Crippen molar-refractivity contribution in [3.05, 3.63) is 70.3 Å². The smallest absolute Gasteiger partial charge is 0.294 e. The van der Waals surface area contributed by atoms with Gasteiger partial charge in [-0.05, 0) is 11.6 Å². The minimum absolute atomic E-state index is 0.231. The Morgan fingerprint density at radius 3 is 2.74 bits per heavy atom. The summed E-state index contributed by atoms with van der Waals surface area (Å²) in [5, 5.41) is 0.826. The van der Waals surface area contributed by atoms with Crippen molar-refractivity contribution in [2.45, 2.75) is 6.04 Å². The molecule has 0 aliphatic rings. The normalized spacial score (nSPS) is 12.7. The molecule has 0 aliphatic carbocycles. The Morgan fingerprint density at radius 2 is 1.96 bits per heavy atom. The fraction of sp³-hybridized carbons (Fsp3) is 0.0588. The highest BCUT2D eigenvalue weighted by molar-refractivity contribution is 6.33. The number of benzene rings is 2. The van der Waals surface area contributed by atoms with Gasteiger partial charge in [0.25, 0.3) is 5.56 Å². The Hall–Kier alpha value is -2.86. The summed E-state index contributed by atoms with van der Waals surface area (Å²) in [6, 6.07) is 14.8. The quantitative estimate of drug-likeness (QED) is 0.541. The van der Waals surface area contributed by atoms with Crippen LogP contribution in [0.25, 0.3) is 22.1 Å². The molecular formula is C17H14BN3O2. The summed E-state index contributed by atoms with van der Waals surface area (Å²) in [4.78, 5) is 19.7. The Labute approximate surface area is 132 Å². The van der Waals surface area contributed by atoms with Crippen LogP contribution in [0.4, 0.5) is 0 Å². The largest absolute Gasteiger partial charge is 0.449 e. The first-order chi connectivity index (χ1) is 11.1. The zero-order valence-electron chi connectivity index (χ0n) is 12.5. The van der Waals surface area contributed by atoms with Gasteiger partial charge in [0.2, 0.25) is 5.58 Å². The summed E-state index contributed by atoms with van der Waals surface area (Å²) in [5.41, 5.74) is 9.34. The third kappa shape index (κ3) is 2.24. The van der Waals surface area contributed by atoms with Crippen molar-refractivity contribution in [2.24, 2.45) is 5.73 Å². The van der Waals surface area contributed by atoms with Gasteiger partial charge in [0, 0.05) is 5.39 Å². The summed E-state index contributed by atoms with van der Waals surface area (Å²) in [7, 11) is 1.99. The summed E-state index contributed by atoms with van der Waals surface area (Å²) in [6.07, 6.45) is 0. The van der Waals surface area contributed by atoms with Crippen LogP contribution in [0.2, 0.25) is 0 Å². The Morgan fingerprint density at radius 1 is 1.17 bits per heavy atom. The van der Waals surface area contributed by atoms with Crippen molar-refractivity contribution in [3.63, 3.8) is 0 Å². The first-order valence-corrected chi connectivity index (χ1v) is 7.37. The third-order valence-corrected chi connectivity index (χ3v) is 3.95. The Kier molecular flexibility index (Phi) is 3.06. The molecule has 5 nitrogen and oxygen atoms in total. The minimum Gasteiger partial charge on any atom is -0.449 e. The monoisotopic (exact) mass is 303 g/mol. The molecule has 0 fully saturated rings. The number of nitrogens with zero attached hydrogens (tertiary/aromatic N) is 1. The number of fused-ring (bicyclic) bond motifs is 3. The number of rotatable bonds is 2. The Balaban J connectivity index is 1.97. The summed E-state index contributed by atoms with van der Waals surface area (Å²) in [6.45, 7) is 0. The molecule has 0 aliphatic heterocycles. The third-order valence-electron chi connectivity index (χ3n) is 3.95. The van der Waals surface area contributed by atoms with E-state index in [1.54, 1.807) is 0 Å². The Bertz CT molecular complexity index is 1070. The van der Waals surface area contributed by atoms with Crippen LogP contribution >= 0.6 is 0 Å². The van der Waals surface area contributed by atoms with Gasteiger partial charge >= 0.3 is 0 Å². The highest BCUT2D eigenvalue weighted by Crippen LogP contribution is 2.25. The lowest BCUT2D eigenvalue weighted by Crippen LogP contribution is -2.20. The molecule has 0 bridgehead atoms. The number of H-pyrrole nitrogens is 1. The van der Waals surface area contributed by atoms with Crippen molar-refractivity contribution in [2.75, 3.05) is 0 Å². The standard InChI is InChI=1S/C17H14BN3O2/c18-10-6-7-12-11(8-10)14-15(23-12)17(22)21-16(20-14)13(19)9-4-2-1-3-5-9/h1-8,13H,18-19H2,(H,20,21,22). The van der Waals surface area contributed by atoms with Crippen LogP contribution in [-0.4, -0.2) is 17.8 Å². The highest BCUT2D eigenvalue weighted by Gasteiger charge is 2.17. The molecule has 0 saturated heterocycles. The van der Waals surface area contributed by atoms with E-state index in [9.17, 15) is 4.79 Å². The molecule has 23 heavy (non-hydrogen) atoms. The maximum atomic E-state index is 12.3. The topological polar surface area (TPSA) is 84.9 Å². The van der Waals surface area contributed by atoms with E-state index in [1.807, 2.05) is 56.4 Å². The molecule has 1 atom stereocenters. The van der Waals surface area contributed by atoms with Gasteiger partial charge in [-0.25, -0.2) is 4.98 Å². The number of aromatic amines is 1. The molecule has 0 saturated carbocycles. The lowest BCUT2D eigenvalue weighted by molar-refractivity contribution is 0.657. The molecule has 2 aromatic carbocycles. The molecule has 0 radical (unpaired) electrons. The van der Waals surface area contributed by atoms with Gasteiger partial charge in [-0.3, -0.25) is 4.79 Å². The second-order valence-electron chi connectivity index (χ2n) is 5.62. The van der Waals surface area contributed by atoms with E-state index >= 15 is 0 Å². The average molecular weight is 303 g/mol. The summed E-state index contributed by atoms with van der Waals surface area (Å²) < 4.78 is 5.63. The SMILES string of the molecule is Bc1ccc2oc3c(=O)[nH]c(C(N)c4ccccc4)nc3c2c1. The van der Waals surface area contributed by atoms with Crippen molar-refractivity contribution >= 4 is 35.4 Å². The maximum Gasteiger partial charge on any atom is 0.294 e.